The summed E-state index contributed by atoms with van der Waals surface area (Å²) >= 11 is 1.31. The number of nitrogens with one attached hydrogen (secondary N) is 1. The predicted octanol–water partition coefficient (Wildman–Crippen LogP) is 1.90. The number of hydrogen-bond donors (Lipinski definition) is 1. The molecule has 0 spiro atoms. The quantitative estimate of drug-likeness (QED) is 0.847. The minimum absolute atomic E-state index is 0.0714. The van der Waals surface area contributed by atoms with E-state index in [2.05, 4.69) is 38.8 Å². The molecular weight excluding hydrogens is 378 g/mol. The molecule has 4 bridgehead atoms. The number of thiophene rings is 1. The third-order valence-electron chi connectivity index (χ3n) is 6.40. The number of rotatable bonds is 4. The SMILES string of the molecule is Cc1csc(S(=O)(=O)NC2C3CN4CCN(C3)CC2(c2ccccc2)C4)c1. The molecule has 4 aliphatic heterocycles. The van der Waals surface area contributed by atoms with E-state index in [9.17, 15) is 8.42 Å². The molecule has 4 aliphatic rings. The van der Waals surface area contributed by atoms with Crippen LogP contribution < -0.4 is 4.72 Å². The molecule has 4 fully saturated rings. The Labute approximate surface area is 165 Å². The van der Waals surface area contributed by atoms with Crippen molar-refractivity contribution in [2.45, 2.75) is 22.6 Å². The largest absolute Gasteiger partial charge is 0.301 e. The highest BCUT2D eigenvalue weighted by Crippen LogP contribution is 2.43. The smallest absolute Gasteiger partial charge is 0.250 e. The molecule has 6 rings (SSSR count). The van der Waals surface area contributed by atoms with Gasteiger partial charge in [-0.25, -0.2) is 13.1 Å². The Hall–Kier alpha value is -1.25. The molecule has 144 valence electrons. The number of nitrogens with zero attached hydrogens (tertiary/aromatic N) is 2. The van der Waals surface area contributed by atoms with E-state index in [1.807, 2.05) is 18.4 Å². The van der Waals surface area contributed by atoms with Crippen molar-refractivity contribution in [2.24, 2.45) is 5.92 Å². The normalized spacial score (nSPS) is 35.3. The maximum Gasteiger partial charge on any atom is 0.250 e. The van der Waals surface area contributed by atoms with Gasteiger partial charge in [-0.1, -0.05) is 30.3 Å². The lowest BCUT2D eigenvalue weighted by Gasteiger charge is -2.55. The highest BCUT2D eigenvalue weighted by molar-refractivity contribution is 7.91. The number of aryl methyl sites for hydroxylation is 1. The van der Waals surface area contributed by atoms with E-state index in [4.69, 9.17) is 0 Å². The Morgan fingerprint density at radius 3 is 2.37 bits per heavy atom. The van der Waals surface area contributed by atoms with E-state index in [1.165, 1.54) is 16.9 Å². The zero-order chi connectivity index (χ0) is 18.6. The third kappa shape index (κ3) is 2.96. The highest BCUT2D eigenvalue weighted by atomic mass is 32.2. The van der Waals surface area contributed by atoms with Crippen molar-refractivity contribution in [3.63, 3.8) is 0 Å². The molecule has 0 radical (unpaired) electrons. The van der Waals surface area contributed by atoms with Crippen molar-refractivity contribution < 1.29 is 8.42 Å². The summed E-state index contributed by atoms with van der Waals surface area (Å²) in [6.07, 6.45) is 0. The standard InChI is InChI=1S/C20H25N3O2S2/c1-15-9-18(26-12-15)27(24,25)21-19-16-10-22-7-8-23(11-16)14-20(19,13-22)17-5-3-2-4-6-17/h2-6,9,12,16,19,21H,7-8,10-11,13-14H2,1H3. The average molecular weight is 404 g/mol. The molecule has 3 unspecified atom stereocenters. The predicted molar refractivity (Wildman–Crippen MR) is 108 cm³/mol. The van der Waals surface area contributed by atoms with Gasteiger partial charge in [-0.2, -0.15) is 0 Å². The van der Waals surface area contributed by atoms with Crippen LogP contribution in [0.25, 0.3) is 0 Å². The van der Waals surface area contributed by atoms with Crippen LogP contribution in [0.15, 0.2) is 46.0 Å². The van der Waals surface area contributed by atoms with Gasteiger partial charge in [-0.3, -0.25) is 0 Å². The molecule has 1 N–H and O–H groups in total. The Morgan fingerprint density at radius 1 is 1.11 bits per heavy atom. The van der Waals surface area contributed by atoms with Crippen molar-refractivity contribution in [1.82, 2.24) is 14.5 Å². The summed E-state index contributed by atoms with van der Waals surface area (Å²) in [6.45, 7) is 7.88. The second-order valence-electron chi connectivity index (χ2n) is 8.29. The lowest BCUT2D eigenvalue weighted by atomic mass is 9.65. The lowest BCUT2D eigenvalue weighted by molar-refractivity contribution is 0.0282. The van der Waals surface area contributed by atoms with E-state index in [0.29, 0.717) is 10.1 Å². The lowest BCUT2D eigenvalue weighted by Crippen LogP contribution is -2.70. The van der Waals surface area contributed by atoms with Gasteiger partial charge in [0.25, 0.3) is 0 Å². The van der Waals surface area contributed by atoms with Crippen LogP contribution in [0.4, 0.5) is 0 Å². The van der Waals surface area contributed by atoms with E-state index in [-0.39, 0.29) is 11.5 Å². The highest BCUT2D eigenvalue weighted by Gasteiger charge is 2.56. The molecule has 0 amide bonds. The summed E-state index contributed by atoms with van der Waals surface area (Å²) in [7, 11) is -3.51. The fourth-order valence-corrected chi connectivity index (χ4v) is 7.92. The van der Waals surface area contributed by atoms with Crippen molar-refractivity contribution in [3.8, 4) is 0 Å². The molecule has 0 saturated carbocycles. The summed E-state index contributed by atoms with van der Waals surface area (Å²) in [6, 6.07) is 12.2. The first-order valence-corrected chi connectivity index (χ1v) is 11.9. The van der Waals surface area contributed by atoms with Crippen LogP contribution in [-0.2, 0) is 15.4 Å². The topological polar surface area (TPSA) is 52.7 Å². The maximum absolute atomic E-state index is 13.2. The van der Waals surface area contributed by atoms with Gasteiger partial charge in [-0.05, 0) is 29.5 Å². The number of piperidine rings is 2. The summed E-state index contributed by atoms with van der Waals surface area (Å²) in [4.78, 5) is 5.06. The Bertz CT molecular complexity index is 925. The number of hydrogen-bond acceptors (Lipinski definition) is 5. The van der Waals surface area contributed by atoms with Gasteiger partial charge in [-0.15, -0.1) is 11.3 Å². The first-order chi connectivity index (χ1) is 13.0. The van der Waals surface area contributed by atoms with Crippen LogP contribution in [0.2, 0.25) is 0 Å². The monoisotopic (exact) mass is 403 g/mol. The van der Waals surface area contributed by atoms with E-state index in [1.54, 1.807) is 6.07 Å². The summed E-state index contributed by atoms with van der Waals surface area (Å²) in [5.41, 5.74) is 2.05. The Balaban J connectivity index is 1.58. The van der Waals surface area contributed by atoms with Crippen molar-refractivity contribution in [1.29, 1.82) is 0 Å². The zero-order valence-corrected chi connectivity index (χ0v) is 17.1. The summed E-state index contributed by atoms with van der Waals surface area (Å²) in [5.74, 6) is 0.311. The number of sulfonamides is 1. The van der Waals surface area contributed by atoms with Gasteiger partial charge in [0.1, 0.15) is 4.21 Å². The Kier molecular flexibility index (Phi) is 4.22. The number of fused-ring (bicyclic) bond motifs is 1. The van der Waals surface area contributed by atoms with E-state index < -0.39 is 10.0 Å². The Morgan fingerprint density at radius 2 is 1.78 bits per heavy atom. The first-order valence-electron chi connectivity index (χ1n) is 9.54. The molecule has 5 nitrogen and oxygen atoms in total. The molecule has 1 aromatic heterocycles. The van der Waals surface area contributed by atoms with Crippen LogP contribution in [0, 0.1) is 12.8 Å². The van der Waals surface area contributed by atoms with Crippen LogP contribution in [0.3, 0.4) is 0 Å². The van der Waals surface area contributed by atoms with Gasteiger partial charge in [0.05, 0.1) is 0 Å². The second kappa shape index (κ2) is 6.39. The minimum atomic E-state index is -3.51. The third-order valence-corrected chi connectivity index (χ3v) is 9.40. The fourth-order valence-electron chi connectivity index (χ4n) is 5.29. The van der Waals surface area contributed by atoms with Crippen molar-refractivity contribution in [3.05, 3.63) is 52.9 Å². The summed E-state index contributed by atoms with van der Waals surface area (Å²) < 4.78 is 29.9. The molecule has 27 heavy (non-hydrogen) atoms. The fraction of sp³-hybridized carbons (Fsp3) is 0.500. The molecule has 2 aromatic rings. The molecule has 1 aromatic carbocycles. The number of benzene rings is 1. The van der Waals surface area contributed by atoms with Gasteiger partial charge in [0, 0.05) is 56.6 Å². The van der Waals surface area contributed by atoms with Crippen LogP contribution in [0.5, 0.6) is 0 Å². The molecule has 0 aliphatic carbocycles. The van der Waals surface area contributed by atoms with Crippen molar-refractivity contribution >= 4 is 21.4 Å². The molecular formula is C20H25N3O2S2. The van der Waals surface area contributed by atoms with Crippen LogP contribution >= 0.6 is 11.3 Å². The summed E-state index contributed by atoms with van der Waals surface area (Å²) in [5, 5.41) is 1.90. The van der Waals surface area contributed by atoms with E-state index in [0.717, 1.165) is 44.8 Å². The average Bonchev–Trinajstić information content (AvgIpc) is 2.94. The minimum Gasteiger partial charge on any atom is -0.301 e. The molecule has 7 heteroatoms. The first kappa shape index (κ1) is 17.8. The molecule has 4 saturated heterocycles. The van der Waals surface area contributed by atoms with Gasteiger partial charge >= 0.3 is 0 Å². The second-order valence-corrected chi connectivity index (χ2v) is 11.1. The van der Waals surface area contributed by atoms with Crippen LogP contribution in [0.1, 0.15) is 11.1 Å². The van der Waals surface area contributed by atoms with Gasteiger partial charge < -0.3 is 9.80 Å². The maximum atomic E-state index is 13.2. The zero-order valence-electron chi connectivity index (χ0n) is 15.5. The van der Waals surface area contributed by atoms with E-state index >= 15 is 0 Å². The molecule has 5 heterocycles. The van der Waals surface area contributed by atoms with Gasteiger partial charge in [0.15, 0.2) is 0 Å². The van der Waals surface area contributed by atoms with Gasteiger partial charge in [0.2, 0.25) is 10.0 Å². The van der Waals surface area contributed by atoms with Crippen molar-refractivity contribution in [2.75, 3.05) is 39.3 Å². The van der Waals surface area contributed by atoms with Crippen LogP contribution in [-0.4, -0.2) is 63.5 Å². The molecule has 3 atom stereocenters.